The molecule has 0 radical (unpaired) electrons. The molecular formula is C19H27N3O2. The molecule has 1 aliphatic heterocycles. The van der Waals surface area contributed by atoms with Crippen LogP contribution in [0.15, 0.2) is 24.3 Å². The second kappa shape index (κ2) is 6.55. The van der Waals surface area contributed by atoms with Crippen molar-refractivity contribution in [1.82, 2.24) is 15.1 Å². The molecule has 1 aromatic carbocycles. The average Bonchev–Trinajstić information content (AvgIpc) is 3.09. The molecule has 2 aliphatic rings. The summed E-state index contributed by atoms with van der Waals surface area (Å²) >= 11 is 0. The summed E-state index contributed by atoms with van der Waals surface area (Å²) in [5.41, 5.74) is 1.94. The number of benzene rings is 1. The van der Waals surface area contributed by atoms with Gasteiger partial charge >= 0.3 is 0 Å². The van der Waals surface area contributed by atoms with Crippen LogP contribution in [0.5, 0.6) is 0 Å². The van der Waals surface area contributed by atoms with Crippen molar-refractivity contribution in [3.8, 4) is 0 Å². The van der Waals surface area contributed by atoms with Gasteiger partial charge in [0.15, 0.2) is 0 Å². The topological polar surface area (TPSA) is 52.7 Å². The highest BCUT2D eigenvalue weighted by Gasteiger charge is 2.46. The molecule has 1 atom stereocenters. The van der Waals surface area contributed by atoms with E-state index in [1.165, 1.54) is 11.1 Å². The summed E-state index contributed by atoms with van der Waals surface area (Å²) in [7, 11) is 3.93. The van der Waals surface area contributed by atoms with Gasteiger partial charge in [-0.05, 0) is 31.6 Å². The average molecular weight is 329 g/mol. The van der Waals surface area contributed by atoms with E-state index in [0.717, 1.165) is 25.8 Å². The number of carbonyl (C=O) groups excluding carboxylic acids is 2. The molecule has 130 valence electrons. The van der Waals surface area contributed by atoms with E-state index in [1.54, 1.807) is 0 Å². The molecule has 1 saturated heterocycles. The first-order chi connectivity index (χ1) is 11.5. The molecule has 24 heavy (non-hydrogen) atoms. The summed E-state index contributed by atoms with van der Waals surface area (Å²) in [6.45, 7) is 3.47. The minimum Gasteiger partial charge on any atom is -0.349 e. The largest absolute Gasteiger partial charge is 0.349 e. The van der Waals surface area contributed by atoms with Crippen molar-refractivity contribution >= 4 is 11.8 Å². The monoisotopic (exact) mass is 329 g/mol. The maximum atomic E-state index is 13.1. The van der Waals surface area contributed by atoms with Gasteiger partial charge in [-0.2, -0.15) is 0 Å². The van der Waals surface area contributed by atoms with Crippen LogP contribution in [-0.4, -0.2) is 60.4 Å². The van der Waals surface area contributed by atoms with Gasteiger partial charge in [-0.25, -0.2) is 0 Å². The molecule has 1 aliphatic carbocycles. The van der Waals surface area contributed by atoms with Gasteiger partial charge < -0.3 is 10.2 Å². The van der Waals surface area contributed by atoms with E-state index in [1.807, 2.05) is 36.0 Å². The maximum absolute atomic E-state index is 13.1. The number of nitrogens with zero attached hydrogens (tertiary/aromatic N) is 2. The van der Waals surface area contributed by atoms with Crippen molar-refractivity contribution < 1.29 is 9.59 Å². The second-order valence-corrected chi connectivity index (χ2v) is 7.26. The van der Waals surface area contributed by atoms with E-state index < -0.39 is 5.54 Å². The highest BCUT2D eigenvalue weighted by atomic mass is 16.2. The summed E-state index contributed by atoms with van der Waals surface area (Å²) in [4.78, 5) is 29.0. The molecule has 1 unspecified atom stereocenters. The first-order valence-corrected chi connectivity index (χ1v) is 8.79. The van der Waals surface area contributed by atoms with Crippen LogP contribution in [0.1, 0.15) is 30.9 Å². The van der Waals surface area contributed by atoms with Crippen LogP contribution in [0.3, 0.4) is 0 Å². The van der Waals surface area contributed by atoms with Crippen LogP contribution in [0, 0.1) is 0 Å². The number of amides is 2. The Bertz CT molecular complexity index is 616. The molecule has 1 fully saturated rings. The zero-order valence-corrected chi connectivity index (χ0v) is 14.8. The molecule has 0 aromatic heterocycles. The minimum absolute atomic E-state index is 0.0415. The third-order valence-corrected chi connectivity index (χ3v) is 5.41. The quantitative estimate of drug-likeness (QED) is 0.883. The molecule has 0 bridgehead atoms. The number of hydrogen-bond donors (Lipinski definition) is 1. The van der Waals surface area contributed by atoms with Crippen LogP contribution in [0.4, 0.5) is 0 Å². The third kappa shape index (κ3) is 2.93. The van der Waals surface area contributed by atoms with E-state index in [-0.39, 0.29) is 17.9 Å². The Labute approximate surface area is 144 Å². The lowest BCUT2D eigenvalue weighted by molar-refractivity contribution is -0.132. The Hall–Kier alpha value is -1.88. The van der Waals surface area contributed by atoms with Crippen molar-refractivity contribution in [3.05, 3.63) is 35.4 Å². The van der Waals surface area contributed by atoms with Crippen LogP contribution in [0.25, 0.3) is 0 Å². The zero-order valence-electron chi connectivity index (χ0n) is 14.8. The SMILES string of the molecule is CCCN1CC(NC(=O)C2(N(C)C)Cc3ccccc3C2)CC1=O. The van der Waals surface area contributed by atoms with Crippen molar-refractivity contribution in [2.45, 2.75) is 44.2 Å². The van der Waals surface area contributed by atoms with Gasteiger partial charge in [0, 0.05) is 32.4 Å². The van der Waals surface area contributed by atoms with Gasteiger partial charge in [0.05, 0.1) is 6.04 Å². The molecule has 1 heterocycles. The van der Waals surface area contributed by atoms with E-state index in [2.05, 4.69) is 24.4 Å². The van der Waals surface area contributed by atoms with E-state index in [0.29, 0.717) is 13.0 Å². The number of likely N-dealkylation sites (N-methyl/N-ethyl adjacent to an activating group) is 1. The van der Waals surface area contributed by atoms with Crippen LogP contribution >= 0.6 is 0 Å². The fourth-order valence-corrected chi connectivity index (χ4v) is 3.95. The standard InChI is InChI=1S/C19H27N3O2/c1-4-9-22-13-16(10-17(22)23)20-18(24)19(21(2)3)11-14-7-5-6-8-15(14)12-19/h5-8,16H,4,9-13H2,1-3H3,(H,20,24). The van der Waals surface area contributed by atoms with Gasteiger partial charge in [0.1, 0.15) is 5.54 Å². The van der Waals surface area contributed by atoms with Gasteiger partial charge in [-0.1, -0.05) is 31.2 Å². The zero-order chi connectivity index (χ0) is 17.3. The van der Waals surface area contributed by atoms with Crippen LogP contribution in [-0.2, 0) is 22.4 Å². The summed E-state index contributed by atoms with van der Waals surface area (Å²) in [6.07, 6.45) is 2.81. The number of rotatable bonds is 5. The lowest BCUT2D eigenvalue weighted by Crippen LogP contribution is -2.59. The third-order valence-electron chi connectivity index (χ3n) is 5.41. The summed E-state index contributed by atoms with van der Waals surface area (Å²) in [5.74, 6) is 0.190. The van der Waals surface area contributed by atoms with Crippen LogP contribution < -0.4 is 5.32 Å². The number of hydrogen-bond acceptors (Lipinski definition) is 3. The van der Waals surface area contributed by atoms with Crippen molar-refractivity contribution in [2.24, 2.45) is 0 Å². The van der Waals surface area contributed by atoms with E-state index >= 15 is 0 Å². The molecule has 0 saturated carbocycles. The molecule has 1 aromatic rings. The molecule has 5 nitrogen and oxygen atoms in total. The first kappa shape index (κ1) is 17.0. The maximum Gasteiger partial charge on any atom is 0.241 e. The Morgan fingerprint density at radius 2 is 1.92 bits per heavy atom. The fourth-order valence-electron chi connectivity index (χ4n) is 3.95. The molecular weight excluding hydrogens is 302 g/mol. The lowest BCUT2D eigenvalue weighted by atomic mass is 9.92. The Balaban J connectivity index is 1.72. The van der Waals surface area contributed by atoms with Gasteiger partial charge in [-0.15, -0.1) is 0 Å². The summed E-state index contributed by atoms with van der Waals surface area (Å²) in [6, 6.07) is 8.20. The highest BCUT2D eigenvalue weighted by Crippen LogP contribution is 2.34. The number of fused-ring (bicyclic) bond motifs is 1. The number of nitrogens with one attached hydrogen (secondary N) is 1. The Morgan fingerprint density at radius 1 is 1.29 bits per heavy atom. The molecule has 2 amide bonds. The molecule has 1 N–H and O–H groups in total. The Kier molecular flexibility index (Phi) is 4.63. The highest BCUT2D eigenvalue weighted by molar-refractivity contribution is 5.89. The number of carbonyl (C=O) groups is 2. The van der Waals surface area contributed by atoms with Gasteiger partial charge in [-0.3, -0.25) is 14.5 Å². The van der Waals surface area contributed by atoms with E-state index in [4.69, 9.17) is 0 Å². The molecule has 0 spiro atoms. The fraction of sp³-hybridized carbons (Fsp3) is 0.579. The predicted molar refractivity (Wildman–Crippen MR) is 93.7 cm³/mol. The van der Waals surface area contributed by atoms with Crippen molar-refractivity contribution in [3.63, 3.8) is 0 Å². The lowest BCUT2D eigenvalue weighted by Gasteiger charge is -2.35. The number of likely N-dealkylation sites (tertiary alicyclic amines) is 1. The normalized spacial score (nSPS) is 22.1. The minimum atomic E-state index is -0.551. The molecule has 5 heteroatoms. The van der Waals surface area contributed by atoms with Crippen LogP contribution in [0.2, 0.25) is 0 Å². The first-order valence-electron chi connectivity index (χ1n) is 8.79. The van der Waals surface area contributed by atoms with Gasteiger partial charge in [0.25, 0.3) is 0 Å². The summed E-state index contributed by atoms with van der Waals surface area (Å²) in [5, 5.41) is 3.15. The summed E-state index contributed by atoms with van der Waals surface area (Å²) < 4.78 is 0. The van der Waals surface area contributed by atoms with Gasteiger partial charge in [0.2, 0.25) is 11.8 Å². The Morgan fingerprint density at radius 3 is 2.46 bits per heavy atom. The smallest absolute Gasteiger partial charge is 0.241 e. The predicted octanol–water partition coefficient (Wildman–Crippen LogP) is 1.21. The second-order valence-electron chi connectivity index (χ2n) is 7.26. The molecule has 3 rings (SSSR count). The van der Waals surface area contributed by atoms with Crippen molar-refractivity contribution in [2.75, 3.05) is 27.2 Å². The van der Waals surface area contributed by atoms with Crippen molar-refractivity contribution in [1.29, 1.82) is 0 Å². The van der Waals surface area contributed by atoms with E-state index in [9.17, 15) is 9.59 Å².